The van der Waals surface area contributed by atoms with Crippen LogP contribution in [0.25, 0.3) is 11.8 Å². The number of benzene rings is 2. The van der Waals surface area contributed by atoms with Gasteiger partial charge in [0.05, 0.1) is 22.2 Å². The van der Waals surface area contributed by atoms with Gasteiger partial charge in [0.15, 0.2) is 0 Å². The second-order valence-corrected chi connectivity index (χ2v) is 5.81. The summed E-state index contributed by atoms with van der Waals surface area (Å²) in [5.41, 5.74) is 2.12. The largest absolute Gasteiger partial charge is 0.346 e. The van der Waals surface area contributed by atoms with Gasteiger partial charge in [0.25, 0.3) is 5.69 Å². The fourth-order valence-corrected chi connectivity index (χ4v) is 2.56. The third kappa shape index (κ3) is 4.43. The fraction of sp³-hybridized carbons (Fsp3) is 0.105. The van der Waals surface area contributed by atoms with Crippen molar-refractivity contribution in [2.24, 2.45) is 0 Å². The smallest absolute Gasteiger partial charge is 0.276 e. The van der Waals surface area contributed by atoms with Crippen molar-refractivity contribution >= 4 is 17.7 Å². The summed E-state index contributed by atoms with van der Waals surface area (Å²) >= 11 is 0. The molecule has 1 amide bonds. The minimum atomic E-state index is -0.475. The summed E-state index contributed by atoms with van der Waals surface area (Å²) in [5.74, 6) is -0.332. The molecule has 0 saturated heterocycles. The van der Waals surface area contributed by atoms with E-state index in [4.69, 9.17) is 0 Å². The van der Waals surface area contributed by atoms with Crippen molar-refractivity contribution in [1.82, 2.24) is 20.1 Å². The number of amides is 1. The first-order valence-corrected chi connectivity index (χ1v) is 8.21. The molecule has 1 atom stereocenters. The van der Waals surface area contributed by atoms with E-state index < -0.39 is 4.92 Å². The predicted octanol–water partition coefficient (Wildman–Crippen LogP) is 3.07. The minimum absolute atomic E-state index is 0.0432. The third-order valence-corrected chi connectivity index (χ3v) is 3.98. The van der Waals surface area contributed by atoms with Crippen molar-refractivity contribution in [3.05, 3.63) is 88.5 Å². The molecule has 8 heteroatoms. The Morgan fingerprint density at radius 2 is 1.96 bits per heavy atom. The highest BCUT2D eigenvalue weighted by Crippen LogP contribution is 2.19. The number of nitro groups is 1. The number of nitrogens with one attached hydrogen (secondary N) is 1. The zero-order valence-electron chi connectivity index (χ0n) is 14.5. The van der Waals surface area contributed by atoms with Crippen LogP contribution in [0.15, 0.2) is 67.3 Å². The number of hydrogen-bond acceptors (Lipinski definition) is 5. The van der Waals surface area contributed by atoms with Crippen LogP contribution in [-0.2, 0) is 4.79 Å². The van der Waals surface area contributed by atoms with Crippen LogP contribution in [0.4, 0.5) is 5.69 Å². The lowest BCUT2D eigenvalue weighted by molar-refractivity contribution is -0.385. The first-order valence-electron chi connectivity index (χ1n) is 8.21. The Balaban J connectivity index is 1.65. The maximum Gasteiger partial charge on any atom is 0.276 e. The summed E-state index contributed by atoms with van der Waals surface area (Å²) in [6.07, 6.45) is 5.80. The van der Waals surface area contributed by atoms with Gasteiger partial charge in [0, 0.05) is 12.1 Å². The molecule has 27 heavy (non-hydrogen) atoms. The molecule has 8 nitrogen and oxygen atoms in total. The van der Waals surface area contributed by atoms with Gasteiger partial charge in [0.2, 0.25) is 5.91 Å². The van der Waals surface area contributed by atoms with Crippen molar-refractivity contribution in [2.75, 3.05) is 0 Å². The molecule has 1 heterocycles. The average molecular weight is 363 g/mol. The summed E-state index contributed by atoms with van der Waals surface area (Å²) < 4.78 is 1.64. The molecule has 0 aliphatic carbocycles. The van der Waals surface area contributed by atoms with E-state index in [1.807, 2.05) is 31.2 Å². The number of nitrogens with zero attached hydrogens (tertiary/aromatic N) is 4. The second-order valence-electron chi connectivity index (χ2n) is 5.81. The van der Waals surface area contributed by atoms with E-state index in [-0.39, 0.29) is 17.6 Å². The quantitative estimate of drug-likeness (QED) is 0.412. The SMILES string of the molecule is CC(NC(=O)/C=C/c1ccccc1[N+](=O)[O-])c1ccc(-n2cncn2)cc1. The van der Waals surface area contributed by atoms with Crippen LogP contribution < -0.4 is 5.32 Å². The molecule has 0 bridgehead atoms. The lowest BCUT2D eigenvalue weighted by Gasteiger charge is -2.13. The minimum Gasteiger partial charge on any atom is -0.346 e. The van der Waals surface area contributed by atoms with Crippen molar-refractivity contribution in [3.8, 4) is 5.69 Å². The molecule has 2 aromatic carbocycles. The van der Waals surface area contributed by atoms with Gasteiger partial charge in [-0.05, 0) is 36.8 Å². The monoisotopic (exact) mass is 363 g/mol. The van der Waals surface area contributed by atoms with Crippen LogP contribution >= 0.6 is 0 Å². The third-order valence-electron chi connectivity index (χ3n) is 3.98. The number of aromatic nitrogens is 3. The van der Waals surface area contributed by atoms with E-state index in [0.717, 1.165) is 11.3 Å². The summed E-state index contributed by atoms with van der Waals surface area (Å²) in [6.45, 7) is 1.86. The number of rotatable bonds is 6. The van der Waals surface area contributed by atoms with Crippen molar-refractivity contribution in [1.29, 1.82) is 0 Å². The van der Waals surface area contributed by atoms with Crippen molar-refractivity contribution < 1.29 is 9.72 Å². The first-order chi connectivity index (χ1) is 13.0. The zero-order valence-corrected chi connectivity index (χ0v) is 14.5. The van der Waals surface area contributed by atoms with Gasteiger partial charge in [0.1, 0.15) is 12.7 Å². The van der Waals surface area contributed by atoms with Gasteiger partial charge in [-0.1, -0.05) is 24.3 Å². The zero-order chi connectivity index (χ0) is 19.2. The summed E-state index contributed by atoms with van der Waals surface area (Å²) in [4.78, 5) is 26.6. The molecule has 1 N–H and O–H groups in total. The van der Waals surface area contributed by atoms with E-state index in [1.54, 1.807) is 29.2 Å². The van der Waals surface area contributed by atoms with E-state index in [0.29, 0.717) is 5.56 Å². The summed E-state index contributed by atoms with van der Waals surface area (Å²) in [6, 6.07) is 13.6. The molecule has 1 aromatic heterocycles. The Morgan fingerprint density at radius 1 is 1.22 bits per heavy atom. The molecule has 0 fully saturated rings. The molecule has 3 rings (SSSR count). The summed E-state index contributed by atoms with van der Waals surface area (Å²) in [7, 11) is 0. The molecule has 3 aromatic rings. The van der Waals surface area contributed by atoms with Crippen LogP contribution in [0.3, 0.4) is 0 Å². The summed E-state index contributed by atoms with van der Waals surface area (Å²) in [5, 5.41) is 17.9. The van der Waals surface area contributed by atoms with Crippen LogP contribution in [0, 0.1) is 10.1 Å². The van der Waals surface area contributed by atoms with E-state index >= 15 is 0 Å². The van der Waals surface area contributed by atoms with E-state index in [2.05, 4.69) is 15.4 Å². The molecule has 0 aliphatic heterocycles. The van der Waals surface area contributed by atoms with E-state index in [1.165, 1.54) is 24.5 Å². The molecule has 136 valence electrons. The number of hydrogen-bond donors (Lipinski definition) is 1. The average Bonchev–Trinajstić information content (AvgIpc) is 3.21. The molecule has 0 aliphatic rings. The molecule has 0 radical (unpaired) electrons. The van der Waals surface area contributed by atoms with Crippen molar-refractivity contribution in [3.63, 3.8) is 0 Å². The van der Waals surface area contributed by atoms with Crippen LogP contribution in [0.5, 0.6) is 0 Å². The Morgan fingerprint density at radius 3 is 2.63 bits per heavy atom. The normalized spacial score (nSPS) is 12.0. The first kappa shape index (κ1) is 18.0. The lowest BCUT2D eigenvalue weighted by atomic mass is 10.1. The van der Waals surface area contributed by atoms with Crippen LogP contribution in [-0.4, -0.2) is 25.6 Å². The Hall–Kier alpha value is -3.81. The fourth-order valence-electron chi connectivity index (χ4n) is 2.56. The second kappa shape index (κ2) is 8.05. The highest BCUT2D eigenvalue weighted by molar-refractivity contribution is 5.92. The molecular formula is C19H17N5O3. The topological polar surface area (TPSA) is 103 Å². The molecule has 0 saturated carbocycles. The highest BCUT2D eigenvalue weighted by atomic mass is 16.6. The number of nitro benzene ring substituents is 1. The van der Waals surface area contributed by atoms with Gasteiger partial charge in [-0.3, -0.25) is 14.9 Å². The standard InChI is InChI=1S/C19H17N5O3/c1-14(15-6-9-17(10-7-15)23-13-20-12-21-23)22-19(25)11-8-16-4-2-3-5-18(16)24(26)27/h2-14H,1H3,(H,22,25)/b11-8+. The maximum absolute atomic E-state index is 12.1. The van der Waals surface area contributed by atoms with Gasteiger partial charge >= 0.3 is 0 Å². The van der Waals surface area contributed by atoms with Gasteiger partial charge in [-0.25, -0.2) is 9.67 Å². The Kier molecular flexibility index (Phi) is 5.36. The Bertz CT molecular complexity index is 965. The van der Waals surface area contributed by atoms with Crippen molar-refractivity contribution in [2.45, 2.75) is 13.0 Å². The van der Waals surface area contributed by atoms with Gasteiger partial charge < -0.3 is 5.32 Å². The molecular weight excluding hydrogens is 346 g/mol. The van der Waals surface area contributed by atoms with Gasteiger partial charge in [-0.15, -0.1) is 0 Å². The molecule has 0 spiro atoms. The van der Waals surface area contributed by atoms with Crippen LogP contribution in [0.2, 0.25) is 0 Å². The Labute approximate surface area is 155 Å². The number of carbonyl (C=O) groups is 1. The number of para-hydroxylation sites is 1. The van der Waals surface area contributed by atoms with Crippen LogP contribution in [0.1, 0.15) is 24.1 Å². The van der Waals surface area contributed by atoms with E-state index in [9.17, 15) is 14.9 Å². The lowest BCUT2D eigenvalue weighted by Crippen LogP contribution is -2.24. The predicted molar refractivity (Wildman–Crippen MR) is 100 cm³/mol. The highest BCUT2D eigenvalue weighted by Gasteiger charge is 2.11. The number of carbonyl (C=O) groups excluding carboxylic acids is 1. The maximum atomic E-state index is 12.1. The van der Waals surface area contributed by atoms with Gasteiger partial charge in [-0.2, -0.15) is 5.10 Å². The molecule has 1 unspecified atom stereocenters.